The van der Waals surface area contributed by atoms with Crippen LogP contribution in [0.3, 0.4) is 0 Å². The second kappa shape index (κ2) is 11.8. The molecule has 1 amide bonds. The molecule has 0 saturated carbocycles. The van der Waals surface area contributed by atoms with E-state index in [4.69, 9.17) is 18.5 Å². The molecular weight excluding hydrogens is 547 g/mol. The molecule has 1 atom stereocenters. The third-order valence-electron chi connectivity index (χ3n) is 6.07. The number of ether oxygens (including phenoxy) is 2. The van der Waals surface area contributed by atoms with E-state index in [-0.39, 0.29) is 12.6 Å². The maximum atomic E-state index is 12.6. The number of fused-ring (bicyclic) bond motifs is 1. The lowest BCUT2D eigenvalue weighted by Crippen LogP contribution is -2.23. The molecule has 1 aromatic carbocycles. The van der Waals surface area contributed by atoms with E-state index in [1.165, 1.54) is 18.1 Å². The van der Waals surface area contributed by atoms with Crippen LogP contribution in [-0.4, -0.2) is 52.2 Å². The minimum atomic E-state index is -4.36. The first kappa shape index (κ1) is 30.0. The summed E-state index contributed by atoms with van der Waals surface area (Å²) in [7, 11) is 0.385. The average Bonchev–Trinajstić information content (AvgIpc) is 3.31. The maximum Gasteiger partial charge on any atom is 0.474 e. The molecule has 0 fully saturated rings. The van der Waals surface area contributed by atoms with E-state index < -0.39 is 13.4 Å². The van der Waals surface area contributed by atoms with Crippen molar-refractivity contribution in [3.8, 4) is 33.9 Å². The van der Waals surface area contributed by atoms with Crippen molar-refractivity contribution in [1.82, 2.24) is 14.5 Å². The Labute approximate surface area is 238 Å². The van der Waals surface area contributed by atoms with Crippen LogP contribution in [0.5, 0.6) is 11.6 Å². The second-order valence-corrected chi connectivity index (χ2v) is 11.5. The predicted octanol–water partition coefficient (Wildman–Crippen LogP) is 5.82. The fourth-order valence-electron chi connectivity index (χ4n) is 4.18. The summed E-state index contributed by atoms with van der Waals surface area (Å²) in [6.07, 6.45) is 6.32. The highest BCUT2D eigenvalue weighted by Crippen LogP contribution is 2.48. The quantitative estimate of drug-likeness (QED) is 0.182. The fraction of sp³-hybridized carbons (Fsp3) is 0.276. The number of carbonyl (C=O) groups excluding carboxylic acids is 1. The molecule has 11 nitrogen and oxygen atoms in total. The number of phosphoric acid groups is 1. The number of aromatic nitrogens is 3. The number of methoxy groups -OCH3 is 2. The van der Waals surface area contributed by atoms with Gasteiger partial charge in [0.25, 0.3) is 0 Å². The first-order valence-corrected chi connectivity index (χ1v) is 14.1. The molecule has 0 saturated heterocycles. The number of anilines is 1. The zero-order valence-electron chi connectivity index (χ0n) is 23.8. The van der Waals surface area contributed by atoms with Gasteiger partial charge in [0.15, 0.2) is 0 Å². The van der Waals surface area contributed by atoms with Gasteiger partial charge in [-0.2, -0.15) is 0 Å². The van der Waals surface area contributed by atoms with E-state index in [1.807, 2.05) is 24.3 Å². The SMILES string of the molecule is C=CC(=O)N(C)c1cc(OC)cc(-c2cnc3c(c2)c(-c2ccnc(OC)c2)cn3COP(=O)(O)OC(C)(C)C)c1. The van der Waals surface area contributed by atoms with E-state index in [1.54, 1.807) is 70.2 Å². The van der Waals surface area contributed by atoms with Crippen LogP contribution in [0, 0.1) is 0 Å². The lowest BCUT2D eigenvalue weighted by atomic mass is 10.0. The molecule has 0 bridgehead atoms. The van der Waals surface area contributed by atoms with Crippen LogP contribution in [0.1, 0.15) is 20.8 Å². The molecule has 216 valence electrons. The molecular formula is C29H33N4O7P. The van der Waals surface area contributed by atoms with Crippen molar-refractivity contribution in [2.45, 2.75) is 33.1 Å². The van der Waals surface area contributed by atoms with E-state index in [2.05, 4.69) is 16.5 Å². The Bertz CT molecular complexity index is 1640. The Morgan fingerprint density at radius 2 is 1.85 bits per heavy atom. The van der Waals surface area contributed by atoms with E-state index in [0.29, 0.717) is 23.0 Å². The number of phosphoric ester groups is 1. The standard InChI is InChI=1S/C29H33N4O7P/c1-8-27(34)32(5)22-11-20(12-23(15-22)37-6)21-13-24-25(19-9-10-30-26(14-19)38-7)17-33(28(24)31-16-21)18-39-41(35,36)40-29(2,3)4/h8-17H,1,18H2,2-7H3,(H,35,36). The zero-order chi connectivity index (χ0) is 29.9. The third kappa shape index (κ3) is 7.01. The monoisotopic (exact) mass is 580 g/mol. The minimum absolute atomic E-state index is 0.264. The van der Waals surface area contributed by atoms with E-state index >= 15 is 0 Å². The summed E-state index contributed by atoms with van der Waals surface area (Å²) in [5.74, 6) is 0.721. The summed E-state index contributed by atoms with van der Waals surface area (Å²) in [6.45, 7) is 8.27. The van der Waals surface area contributed by atoms with Crippen molar-refractivity contribution in [3.05, 3.63) is 67.6 Å². The number of benzene rings is 1. The van der Waals surface area contributed by atoms with E-state index in [9.17, 15) is 14.3 Å². The first-order valence-electron chi connectivity index (χ1n) is 12.6. The van der Waals surface area contributed by atoms with Gasteiger partial charge in [-0.15, -0.1) is 0 Å². The zero-order valence-corrected chi connectivity index (χ0v) is 24.7. The normalized spacial score (nSPS) is 13.0. The molecule has 1 N–H and O–H groups in total. The van der Waals surface area contributed by atoms with Crippen LogP contribution in [0.2, 0.25) is 0 Å². The van der Waals surface area contributed by atoms with Crippen LogP contribution in [-0.2, 0) is 25.1 Å². The number of hydrogen-bond donors (Lipinski definition) is 1. The third-order valence-corrected chi connectivity index (χ3v) is 7.29. The van der Waals surface area contributed by atoms with Crippen molar-refractivity contribution in [3.63, 3.8) is 0 Å². The van der Waals surface area contributed by atoms with Crippen LogP contribution in [0.15, 0.2) is 67.6 Å². The Morgan fingerprint density at radius 1 is 1.10 bits per heavy atom. The van der Waals surface area contributed by atoms with Gasteiger partial charge in [-0.25, -0.2) is 14.5 Å². The lowest BCUT2D eigenvalue weighted by molar-refractivity contribution is -0.113. The Morgan fingerprint density at radius 3 is 2.51 bits per heavy atom. The Hall–Kier alpha value is -4.02. The second-order valence-electron chi connectivity index (χ2n) is 10.1. The number of carbonyl (C=O) groups is 1. The average molecular weight is 581 g/mol. The summed E-state index contributed by atoms with van der Waals surface area (Å²) >= 11 is 0. The van der Waals surface area contributed by atoms with Crippen molar-refractivity contribution in [1.29, 1.82) is 0 Å². The molecule has 4 rings (SSSR count). The summed E-state index contributed by atoms with van der Waals surface area (Å²) in [6, 6.07) is 11.0. The van der Waals surface area contributed by atoms with Gasteiger partial charge in [-0.1, -0.05) is 6.58 Å². The Balaban J connectivity index is 1.84. The number of likely N-dealkylation sites (N-methyl/N-ethyl adjacent to an activating group) is 1. The van der Waals surface area contributed by atoms with Gasteiger partial charge in [-0.3, -0.25) is 13.8 Å². The number of rotatable bonds is 10. The molecule has 0 radical (unpaired) electrons. The number of pyridine rings is 2. The van der Waals surface area contributed by atoms with Crippen molar-refractivity contribution < 1.29 is 32.8 Å². The topological polar surface area (TPSA) is 125 Å². The molecule has 0 spiro atoms. The van der Waals surface area contributed by atoms with Gasteiger partial charge in [0.05, 0.1) is 19.8 Å². The minimum Gasteiger partial charge on any atom is -0.497 e. The van der Waals surface area contributed by atoms with Crippen LogP contribution < -0.4 is 14.4 Å². The highest BCUT2D eigenvalue weighted by Gasteiger charge is 2.29. The largest absolute Gasteiger partial charge is 0.497 e. The van der Waals surface area contributed by atoms with Crippen LogP contribution >= 0.6 is 7.82 Å². The molecule has 3 aromatic heterocycles. The number of amides is 1. The molecule has 0 aliphatic rings. The number of nitrogens with zero attached hydrogens (tertiary/aromatic N) is 4. The van der Waals surface area contributed by atoms with E-state index in [0.717, 1.165) is 27.6 Å². The van der Waals surface area contributed by atoms with Gasteiger partial charge in [-0.05, 0) is 62.2 Å². The van der Waals surface area contributed by atoms with Gasteiger partial charge in [0.2, 0.25) is 11.8 Å². The molecule has 0 aliphatic carbocycles. The van der Waals surface area contributed by atoms with Gasteiger partial charge in [0, 0.05) is 60.0 Å². The van der Waals surface area contributed by atoms with Crippen molar-refractivity contribution in [2.75, 3.05) is 26.2 Å². The van der Waals surface area contributed by atoms with Gasteiger partial charge >= 0.3 is 7.82 Å². The van der Waals surface area contributed by atoms with Gasteiger partial charge < -0.3 is 23.8 Å². The van der Waals surface area contributed by atoms with Crippen LogP contribution in [0.25, 0.3) is 33.3 Å². The molecule has 0 aliphatic heterocycles. The first-order chi connectivity index (χ1) is 19.3. The summed E-state index contributed by atoms with van der Waals surface area (Å²) in [5.41, 5.74) is 3.32. The highest BCUT2D eigenvalue weighted by molar-refractivity contribution is 7.47. The van der Waals surface area contributed by atoms with Crippen LogP contribution in [0.4, 0.5) is 5.69 Å². The summed E-state index contributed by atoms with van der Waals surface area (Å²) in [5, 5.41) is 0.740. The summed E-state index contributed by atoms with van der Waals surface area (Å²) in [4.78, 5) is 32.9. The van der Waals surface area contributed by atoms with Crippen molar-refractivity contribution in [2.24, 2.45) is 0 Å². The molecule has 1 unspecified atom stereocenters. The lowest BCUT2D eigenvalue weighted by Gasteiger charge is -2.22. The van der Waals surface area contributed by atoms with Gasteiger partial charge in [0.1, 0.15) is 18.1 Å². The summed E-state index contributed by atoms with van der Waals surface area (Å²) < 4.78 is 35.6. The smallest absolute Gasteiger partial charge is 0.474 e. The predicted molar refractivity (Wildman–Crippen MR) is 157 cm³/mol. The number of hydrogen-bond acceptors (Lipinski definition) is 8. The molecule has 3 heterocycles. The molecule has 12 heteroatoms. The molecule has 41 heavy (non-hydrogen) atoms. The Kier molecular flexibility index (Phi) is 8.65. The maximum absolute atomic E-state index is 12.6. The van der Waals surface area contributed by atoms with Crippen molar-refractivity contribution >= 4 is 30.5 Å². The fourth-order valence-corrected chi connectivity index (χ4v) is 5.19. The highest BCUT2D eigenvalue weighted by atomic mass is 31.2. The molecule has 4 aromatic rings.